The first-order chi connectivity index (χ1) is 3.81. The predicted octanol–water partition coefficient (Wildman–Crippen LogP) is 2.11. The molecule has 0 spiro atoms. The van der Waals surface area contributed by atoms with Crippen LogP contribution in [0.5, 0.6) is 0 Å². The number of methoxy groups -OCH3 is 1. The van der Waals surface area contributed by atoms with Crippen molar-refractivity contribution in [2.75, 3.05) is 7.11 Å². The first kappa shape index (κ1) is 7.28. The molecule has 0 aliphatic rings. The van der Waals surface area contributed by atoms with E-state index in [1.807, 2.05) is 19.1 Å². The van der Waals surface area contributed by atoms with Crippen LogP contribution in [0, 0.1) is 0 Å². The zero-order valence-corrected chi connectivity index (χ0v) is 5.48. The van der Waals surface area contributed by atoms with Gasteiger partial charge in [-0.25, -0.2) is 0 Å². The van der Waals surface area contributed by atoms with E-state index < -0.39 is 0 Å². The van der Waals surface area contributed by atoms with Crippen LogP contribution in [0.1, 0.15) is 13.3 Å². The summed E-state index contributed by atoms with van der Waals surface area (Å²) in [6.45, 7) is 5.49. The normalized spacial score (nSPS) is 11.0. The third kappa shape index (κ3) is 3.47. The molecule has 0 heterocycles. The summed E-state index contributed by atoms with van der Waals surface area (Å²) >= 11 is 0. The third-order valence-corrected chi connectivity index (χ3v) is 0.894. The lowest BCUT2D eigenvalue weighted by atomic mass is 10.4. The fourth-order valence-electron chi connectivity index (χ4n) is 0.333. The largest absolute Gasteiger partial charge is 0.502 e. The molecule has 0 aliphatic heterocycles. The molecular formula is C7H12O. The van der Waals surface area contributed by atoms with Gasteiger partial charge in [-0.05, 0) is 19.4 Å². The number of allylic oxidation sites excluding steroid dienone is 3. The maximum atomic E-state index is 4.87. The Morgan fingerprint density at radius 2 is 2.38 bits per heavy atom. The fourth-order valence-corrected chi connectivity index (χ4v) is 0.333. The van der Waals surface area contributed by atoms with Crippen molar-refractivity contribution in [3.8, 4) is 0 Å². The second-order valence-electron chi connectivity index (χ2n) is 1.54. The molecule has 46 valence electrons. The van der Waals surface area contributed by atoms with E-state index in [4.69, 9.17) is 4.74 Å². The van der Waals surface area contributed by atoms with Crippen LogP contribution in [0.2, 0.25) is 0 Å². The summed E-state index contributed by atoms with van der Waals surface area (Å²) in [5, 5.41) is 0. The minimum atomic E-state index is 0.889. The summed E-state index contributed by atoms with van der Waals surface area (Å²) in [6.07, 6.45) is 4.70. The average Bonchev–Trinajstić information content (AvgIpc) is 1.83. The van der Waals surface area contributed by atoms with Gasteiger partial charge in [-0.3, -0.25) is 0 Å². The van der Waals surface area contributed by atoms with Crippen molar-refractivity contribution in [2.45, 2.75) is 13.3 Å². The monoisotopic (exact) mass is 112 g/mol. The highest BCUT2D eigenvalue weighted by Crippen LogP contribution is 1.94. The first-order valence-corrected chi connectivity index (χ1v) is 2.63. The zero-order chi connectivity index (χ0) is 6.41. The maximum Gasteiger partial charge on any atom is 0.0887 e. The van der Waals surface area contributed by atoms with E-state index >= 15 is 0 Å². The molecular weight excluding hydrogens is 100 g/mol. The molecule has 0 atom stereocenters. The Labute approximate surface area is 50.7 Å². The molecule has 0 radical (unpaired) electrons. The van der Waals surface area contributed by atoms with Gasteiger partial charge in [0.1, 0.15) is 0 Å². The Kier molecular flexibility index (Phi) is 4.04. The van der Waals surface area contributed by atoms with E-state index in [2.05, 4.69) is 6.58 Å². The summed E-state index contributed by atoms with van der Waals surface area (Å²) in [7, 11) is 1.66. The van der Waals surface area contributed by atoms with Gasteiger partial charge >= 0.3 is 0 Å². The van der Waals surface area contributed by atoms with E-state index in [0.717, 1.165) is 12.2 Å². The van der Waals surface area contributed by atoms with Crippen LogP contribution < -0.4 is 0 Å². The Hall–Kier alpha value is -0.720. The SMILES string of the molecule is C=CC/C=C(\C)OC. The summed E-state index contributed by atoms with van der Waals surface area (Å²) < 4.78 is 4.87. The highest BCUT2D eigenvalue weighted by atomic mass is 16.5. The number of hydrogen-bond donors (Lipinski definition) is 0. The summed E-state index contributed by atoms with van der Waals surface area (Å²) in [4.78, 5) is 0. The Bertz CT molecular complexity index is 92.6. The number of hydrogen-bond acceptors (Lipinski definition) is 1. The molecule has 0 saturated heterocycles. The second-order valence-corrected chi connectivity index (χ2v) is 1.54. The Morgan fingerprint density at radius 3 is 2.75 bits per heavy atom. The van der Waals surface area contributed by atoms with Gasteiger partial charge < -0.3 is 4.74 Å². The van der Waals surface area contributed by atoms with Gasteiger partial charge in [0.05, 0.1) is 12.9 Å². The maximum absolute atomic E-state index is 4.87. The molecule has 0 N–H and O–H groups in total. The molecule has 0 bridgehead atoms. The van der Waals surface area contributed by atoms with Crippen LogP contribution in [0.25, 0.3) is 0 Å². The third-order valence-electron chi connectivity index (χ3n) is 0.894. The van der Waals surface area contributed by atoms with E-state index in [9.17, 15) is 0 Å². The minimum Gasteiger partial charge on any atom is -0.502 e. The lowest BCUT2D eigenvalue weighted by Crippen LogP contribution is -1.76. The molecule has 0 aliphatic carbocycles. The van der Waals surface area contributed by atoms with Crippen molar-refractivity contribution in [1.29, 1.82) is 0 Å². The topological polar surface area (TPSA) is 9.23 Å². The van der Waals surface area contributed by atoms with Crippen LogP contribution in [0.15, 0.2) is 24.5 Å². The molecule has 0 aromatic carbocycles. The molecule has 1 heteroatoms. The van der Waals surface area contributed by atoms with E-state index in [1.165, 1.54) is 0 Å². The van der Waals surface area contributed by atoms with Crippen molar-refractivity contribution in [1.82, 2.24) is 0 Å². The Balaban J connectivity index is 3.40. The lowest BCUT2D eigenvalue weighted by Gasteiger charge is -1.94. The molecule has 8 heavy (non-hydrogen) atoms. The predicted molar refractivity (Wildman–Crippen MR) is 35.6 cm³/mol. The standard InChI is InChI=1S/C7H12O/c1-4-5-6-7(2)8-3/h4,6H,1,5H2,2-3H3/b7-6+. The Morgan fingerprint density at radius 1 is 1.75 bits per heavy atom. The molecule has 0 unspecified atom stereocenters. The number of ether oxygens (including phenoxy) is 1. The smallest absolute Gasteiger partial charge is 0.0887 e. The van der Waals surface area contributed by atoms with Gasteiger partial charge in [0.15, 0.2) is 0 Å². The molecule has 0 saturated carbocycles. The lowest BCUT2D eigenvalue weighted by molar-refractivity contribution is 0.292. The van der Waals surface area contributed by atoms with Gasteiger partial charge in [0.2, 0.25) is 0 Å². The highest BCUT2D eigenvalue weighted by Gasteiger charge is 1.78. The van der Waals surface area contributed by atoms with Crippen molar-refractivity contribution in [2.24, 2.45) is 0 Å². The minimum absolute atomic E-state index is 0.889. The van der Waals surface area contributed by atoms with E-state index in [1.54, 1.807) is 7.11 Å². The van der Waals surface area contributed by atoms with Gasteiger partial charge in [-0.2, -0.15) is 0 Å². The van der Waals surface area contributed by atoms with Gasteiger partial charge in [0.25, 0.3) is 0 Å². The van der Waals surface area contributed by atoms with E-state index in [0.29, 0.717) is 0 Å². The number of rotatable bonds is 3. The molecule has 0 aromatic heterocycles. The van der Waals surface area contributed by atoms with E-state index in [-0.39, 0.29) is 0 Å². The molecule has 1 nitrogen and oxygen atoms in total. The van der Waals surface area contributed by atoms with Crippen LogP contribution in [-0.2, 0) is 4.74 Å². The van der Waals surface area contributed by atoms with Crippen LogP contribution in [0.3, 0.4) is 0 Å². The van der Waals surface area contributed by atoms with Crippen molar-refractivity contribution in [3.63, 3.8) is 0 Å². The van der Waals surface area contributed by atoms with Gasteiger partial charge in [0, 0.05) is 0 Å². The summed E-state index contributed by atoms with van der Waals surface area (Å²) in [5.74, 6) is 0.949. The second kappa shape index (κ2) is 4.44. The molecule has 0 rings (SSSR count). The average molecular weight is 112 g/mol. The molecule has 0 aromatic rings. The van der Waals surface area contributed by atoms with Crippen molar-refractivity contribution < 1.29 is 4.74 Å². The van der Waals surface area contributed by atoms with Crippen LogP contribution >= 0.6 is 0 Å². The van der Waals surface area contributed by atoms with Crippen LogP contribution in [0.4, 0.5) is 0 Å². The van der Waals surface area contributed by atoms with Gasteiger partial charge in [-0.15, -0.1) is 6.58 Å². The zero-order valence-electron chi connectivity index (χ0n) is 5.48. The fraction of sp³-hybridized carbons (Fsp3) is 0.429. The van der Waals surface area contributed by atoms with Crippen molar-refractivity contribution in [3.05, 3.63) is 24.5 Å². The van der Waals surface area contributed by atoms with Crippen LogP contribution in [-0.4, -0.2) is 7.11 Å². The summed E-state index contributed by atoms with van der Waals surface area (Å²) in [5.41, 5.74) is 0. The van der Waals surface area contributed by atoms with Crippen molar-refractivity contribution >= 4 is 0 Å². The first-order valence-electron chi connectivity index (χ1n) is 2.63. The highest BCUT2D eigenvalue weighted by molar-refractivity contribution is 4.92. The molecule has 0 fully saturated rings. The molecule has 0 amide bonds. The summed E-state index contributed by atoms with van der Waals surface area (Å²) in [6, 6.07) is 0. The van der Waals surface area contributed by atoms with Gasteiger partial charge in [-0.1, -0.05) is 6.08 Å². The quantitative estimate of drug-likeness (QED) is 0.401.